The van der Waals surface area contributed by atoms with Gasteiger partial charge in [-0.05, 0) is 12.8 Å². The van der Waals surface area contributed by atoms with E-state index in [4.69, 9.17) is 5.73 Å². The molecule has 1 aromatic rings. The van der Waals surface area contributed by atoms with Gasteiger partial charge in [-0.25, -0.2) is 0 Å². The van der Waals surface area contributed by atoms with Crippen molar-refractivity contribution in [2.24, 2.45) is 12.8 Å². The molecule has 0 unspecified atom stereocenters. The van der Waals surface area contributed by atoms with Crippen LogP contribution in [-0.2, 0) is 12.6 Å². The minimum atomic E-state index is -0.701. The highest BCUT2D eigenvalue weighted by Gasteiger charge is 2.42. The molecule has 4 heteroatoms. The summed E-state index contributed by atoms with van der Waals surface area (Å²) < 4.78 is 1.69. The summed E-state index contributed by atoms with van der Waals surface area (Å²) >= 11 is 0. The normalized spacial score (nSPS) is 34.8. The highest BCUT2D eigenvalue weighted by Crippen LogP contribution is 2.39. The van der Waals surface area contributed by atoms with Crippen molar-refractivity contribution in [3.8, 4) is 0 Å². The van der Waals surface area contributed by atoms with Gasteiger partial charge >= 0.3 is 0 Å². The maximum Gasteiger partial charge on any atom is 0.0956 e. The Kier molecular flexibility index (Phi) is 1.49. The number of aromatic nitrogens is 2. The molecule has 0 bridgehead atoms. The van der Waals surface area contributed by atoms with Crippen LogP contribution in [0.1, 0.15) is 18.4 Å². The van der Waals surface area contributed by atoms with Gasteiger partial charge in [-0.2, -0.15) is 5.10 Å². The van der Waals surface area contributed by atoms with Crippen molar-refractivity contribution >= 4 is 0 Å². The molecule has 1 aliphatic carbocycles. The number of nitrogens with two attached hydrogens (primary N) is 1. The van der Waals surface area contributed by atoms with Crippen molar-refractivity contribution in [3.63, 3.8) is 0 Å². The Bertz CT molecular complexity index is 288. The summed E-state index contributed by atoms with van der Waals surface area (Å²) in [4.78, 5) is 0. The van der Waals surface area contributed by atoms with Gasteiger partial charge in [-0.3, -0.25) is 4.68 Å². The van der Waals surface area contributed by atoms with Crippen LogP contribution in [0, 0.1) is 0 Å². The van der Waals surface area contributed by atoms with E-state index in [0.29, 0.717) is 12.8 Å². The number of aryl methyl sites for hydroxylation is 1. The van der Waals surface area contributed by atoms with Crippen molar-refractivity contribution in [1.82, 2.24) is 9.78 Å². The maximum absolute atomic E-state index is 9.93. The molecule has 1 heterocycles. The van der Waals surface area contributed by atoms with E-state index in [0.717, 1.165) is 5.56 Å². The Morgan fingerprint density at radius 1 is 1.75 bits per heavy atom. The van der Waals surface area contributed by atoms with Gasteiger partial charge in [-0.15, -0.1) is 0 Å². The Morgan fingerprint density at radius 2 is 2.42 bits per heavy atom. The molecule has 4 nitrogen and oxygen atoms in total. The molecule has 66 valence electrons. The Morgan fingerprint density at radius 3 is 2.83 bits per heavy atom. The Hall–Kier alpha value is -0.870. The highest BCUT2D eigenvalue weighted by molar-refractivity contribution is 5.20. The van der Waals surface area contributed by atoms with Gasteiger partial charge in [0.15, 0.2) is 0 Å². The molecular formula is C8H13N3O. The molecule has 0 atom stereocenters. The first-order valence-corrected chi connectivity index (χ1v) is 4.07. The monoisotopic (exact) mass is 167 g/mol. The first kappa shape index (κ1) is 7.76. The average Bonchev–Trinajstić information content (AvgIpc) is 2.33. The number of hydrogen-bond donors (Lipinski definition) is 2. The van der Waals surface area contributed by atoms with Crippen LogP contribution in [-0.4, -0.2) is 20.9 Å². The molecule has 0 radical (unpaired) electrons. The summed E-state index contributed by atoms with van der Waals surface area (Å²) in [7, 11) is 1.84. The highest BCUT2D eigenvalue weighted by atomic mass is 16.3. The summed E-state index contributed by atoms with van der Waals surface area (Å²) in [6, 6.07) is 0.148. The molecule has 0 spiro atoms. The van der Waals surface area contributed by atoms with Crippen LogP contribution in [0.25, 0.3) is 0 Å². The molecular weight excluding hydrogens is 154 g/mol. The van der Waals surface area contributed by atoms with Gasteiger partial charge in [0.1, 0.15) is 0 Å². The van der Waals surface area contributed by atoms with Crippen LogP contribution >= 0.6 is 0 Å². The van der Waals surface area contributed by atoms with Crippen LogP contribution in [0.15, 0.2) is 12.4 Å². The van der Waals surface area contributed by atoms with Crippen LogP contribution in [0.5, 0.6) is 0 Å². The third kappa shape index (κ3) is 1.04. The van der Waals surface area contributed by atoms with Gasteiger partial charge in [0.05, 0.1) is 11.8 Å². The maximum atomic E-state index is 9.93. The zero-order valence-electron chi connectivity index (χ0n) is 7.07. The second kappa shape index (κ2) is 2.31. The van der Waals surface area contributed by atoms with E-state index in [1.807, 2.05) is 13.2 Å². The minimum Gasteiger partial charge on any atom is -0.385 e. The molecule has 1 saturated carbocycles. The lowest BCUT2D eigenvalue weighted by molar-refractivity contribution is -0.0523. The largest absolute Gasteiger partial charge is 0.385 e. The summed E-state index contributed by atoms with van der Waals surface area (Å²) in [5.74, 6) is 0. The summed E-state index contributed by atoms with van der Waals surface area (Å²) in [6.45, 7) is 0. The summed E-state index contributed by atoms with van der Waals surface area (Å²) in [5.41, 5.74) is 5.79. The number of hydrogen-bond acceptors (Lipinski definition) is 3. The first-order chi connectivity index (χ1) is 5.60. The predicted molar refractivity (Wildman–Crippen MR) is 44.3 cm³/mol. The van der Waals surface area contributed by atoms with Crippen molar-refractivity contribution in [2.45, 2.75) is 24.5 Å². The number of nitrogens with zero attached hydrogens (tertiary/aromatic N) is 2. The van der Waals surface area contributed by atoms with Gasteiger partial charge < -0.3 is 10.8 Å². The van der Waals surface area contributed by atoms with Crippen LogP contribution in [0.2, 0.25) is 0 Å². The van der Waals surface area contributed by atoms with E-state index in [2.05, 4.69) is 5.10 Å². The Labute approximate surface area is 71.0 Å². The minimum absolute atomic E-state index is 0.148. The molecule has 0 saturated heterocycles. The Balaban J connectivity index is 2.20. The molecule has 0 aliphatic heterocycles. The van der Waals surface area contributed by atoms with E-state index in [1.54, 1.807) is 10.9 Å². The third-order valence-electron chi connectivity index (χ3n) is 2.44. The van der Waals surface area contributed by atoms with Gasteiger partial charge in [-0.1, -0.05) is 0 Å². The zero-order valence-corrected chi connectivity index (χ0v) is 7.07. The van der Waals surface area contributed by atoms with Crippen LogP contribution < -0.4 is 5.73 Å². The van der Waals surface area contributed by atoms with E-state index >= 15 is 0 Å². The molecule has 1 aliphatic rings. The van der Waals surface area contributed by atoms with Crippen molar-refractivity contribution in [3.05, 3.63) is 18.0 Å². The number of rotatable bonds is 1. The fourth-order valence-electron chi connectivity index (χ4n) is 1.70. The van der Waals surface area contributed by atoms with Crippen molar-refractivity contribution < 1.29 is 5.11 Å². The molecule has 2 rings (SSSR count). The van der Waals surface area contributed by atoms with E-state index in [-0.39, 0.29) is 6.04 Å². The van der Waals surface area contributed by atoms with E-state index < -0.39 is 5.60 Å². The summed E-state index contributed by atoms with van der Waals surface area (Å²) in [5, 5.41) is 13.9. The molecule has 1 fully saturated rings. The fourth-order valence-corrected chi connectivity index (χ4v) is 1.70. The van der Waals surface area contributed by atoms with E-state index in [9.17, 15) is 5.11 Å². The molecule has 0 aromatic carbocycles. The average molecular weight is 167 g/mol. The fraction of sp³-hybridized carbons (Fsp3) is 0.625. The zero-order chi connectivity index (χ0) is 8.77. The summed E-state index contributed by atoms with van der Waals surface area (Å²) in [6.07, 6.45) is 4.84. The van der Waals surface area contributed by atoms with Gasteiger partial charge in [0.25, 0.3) is 0 Å². The van der Waals surface area contributed by atoms with Gasteiger partial charge in [0, 0.05) is 24.8 Å². The van der Waals surface area contributed by atoms with Crippen molar-refractivity contribution in [2.75, 3.05) is 0 Å². The molecule has 12 heavy (non-hydrogen) atoms. The lowest BCUT2D eigenvalue weighted by Crippen LogP contribution is -2.48. The van der Waals surface area contributed by atoms with E-state index in [1.165, 1.54) is 0 Å². The smallest absolute Gasteiger partial charge is 0.0956 e. The SMILES string of the molecule is Cn1cc(C2(O)CC(N)C2)cn1. The standard InChI is InChI=1S/C8H13N3O/c1-11-5-6(4-10-11)8(12)2-7(9)3-8/h4-5,7,12H,2-3,9H2,1H3. The topological polar surface area (TPSA) is 64.1 Å². The molecule has 0 amide bonds. The molecule has 1 aromatic heterocycles. The first-order valence-electron chi connectivity index (χ1n) is 4.07. The molecule has 3 N–H and O–H groups in total. The van der Waals surface area contributed by atoms with Gasteiger partial charge in [0.2, 0.25) is 0 Å². The number of aliphatic hydroxyl groups is 1. The third-order valence-corrected chi connectivity index (χ3v) is 2.44. The second-order valence-electron chi connectivity index (χ2n) is 3.60. The predicted octanol–water partition coefficient (Wildman–Crippen LogP) is -0.271. The second-order valence-corrected chi connectivity index (χ2v) is 3.60. The van der Waals surface area contributed by atoms with Crippen molar-refractivity contribution in [1.29, 1.82) is 0 Å². The lowest BCUT2D eigenvalue weighted by Gasteiger charge is -2.41. The van der Waals surface area contributed by atoms with Crippen LogP contribution in [0.3, 0.4) is 0 Å². The lowest BCUT2D eigenvalue weighted by atomic mass is 9.73. The quantitative estimate of drug-likeness (QED) is 0.605. The van der Waals surface area contributed by atoms with Crippen LogP contribution in [0.4, 0.5) is 0 Å².